The summed E-state index contributed by atoms with van der Waals surface area (Å²) in [7, 11) is 0. The fourth-order valence-corrected chi connectivity index (χ4v) is 1.51. The molecule has 0 spiro atoms. The molecule has 0 aromatic carbocycles. The standard InChI is InChI=1S/C13H22O8/c14-1-2-17-3-4-18-5-6-19-7-8-20-13(11(16)9-15)12-10-21-12/h9,12-14H,1-8,10H2. The Morgan fingerprint density at radius 1 is 1.10 bits per heavy atom. The van der Waals surface area contributed by atoms with Crippen molar-refractivity contribution in [3.63, 3.8) is 0 Å². The van der Waals surface area contributed by atoms with E-state index in [2.05, 4.69) is 0 Å². The zero-order chi connectivity index (χ0) is 15.3. The van der Waals surface area contributed by atoms with E-state index in [4.69, 9.17) is 28.8 Å². The second-order valence-electron chi connectivity index (χ2n) is 4.24. The Balaban J connectivity index is 1.87. The largest absolute Gasteiger partial charge is 0.394 e. The number of ether oxygens (including phenoxy) is 5. The zero-order valence-corrected chi connectivity index (χ0v) is 11.9. The number of aldehydes is 1. The van der Waals surface area contributed by atoms with Crippen LogP contribution in [0.3, 0.4) is 0 Å². The van der Waals surface area contributed by atoms with Crippen LogP contribution >= 0.6 is 0 Å². The van der Waals surface area contributed by atoms with E-state index in [-0.39, 0.29) is 25.6 Å². The van der Waals surface area contributed by atoms with Crippen molar-refractivity contribution in [2.24, 2.45) is 0 Å². The van der Waals surface area contributed by atoms with Gasteiger partial charge in [-0.15, -0.1) is 0 Å². The van der Waals surface area contributed by atoms with Crippen LogP contribution in [0.2, 0.25) is 0 Å². The van der Waals surface area contributed by atoms with Crippen LogP contribution in [0.5, 0.6) is 0 Å². The molecule has 0 aromatic heterocycles. The Bertz CT molecular complexity index is 292. The van der Waals surface area contributed by atoms with Crippen LogP contribution in [0.15, 0.2) is 0 Å². The summed E-state index contributed by atoms with van der Waals surface area (Å²) in [6, 6.07) is 0. The minimum Gasteiger partial charge on any atom is -0.394 e. The molecule has 1 rings (SSSR count). The molecule has 2 atom stereocenters. The van der Waals surface area contributed by atoms with Crippen LogP contribution in [-0.2, 0) is 33.3 Å². The molecule has 1 aliphatic rings. The summed E-state index contributed by atoms with van der Waals surface area (Å²) in [5.41, 5.74) is 0. The van der Waals surface area contributed by atoms with Crippen LogP contribution in [0.25, 0.3) is 0 Å². The highest BCUT2D eigenvalue weighted by Crippen LogP contribution is 2.17. The van der Waals surface area contributed by atoms with Crippen molar-refractivity contribution in [3.05, 3.63) is 0 Å². The minimum absolute atomic E-state index is 0.00259. The Labute approximate surface area is 123 Å². The van der Waals surface area contributed by atoms with Crippen molar-refractivity contribution in [1.29, 1.82) is 0 Å². The number of aliphatic hydroxyl groups excluding tert-OH is 1. The highest BCUT2D eigenvalue weighted by atomic mass is 16.6. The first kappa shape index (κ1) is 18.1. The summed E-state index contributed by atoms with van der Waals surface area (Å²) in [5, 5.41) is 8.47. The number of carbonyl (C=O) groups is 2. The lowest BCUT2D eigenvalue weighted by molar-refractivity contribution is -0.139. The number of ketones is 1. The number of Topliss-reactive ketones (excluding diaryl/α,β-unsaturated/α-hetero) is 1. The van der Waals surface area contributed by atoms with E-state index >= 15 is 0 Å². The van der Waals surface area contributed by atoms with Crippen LogP contribution in [-0.4, -0.2) is 88.8 Å². The number of carbonyl (C=O) groups excluding carboxylic acids is 2. The van der Waals surface area contributed by atoms with Gasteiger partial charge >= 0.3 is 0 Å². The molecule has 0 aliphatic carbocycles. The van der Waals surface area contributed by atoms with Crippen molar-refractivity contribution in [2.45, 2.75) is 12.2 Å². The summed E-state index contributed by atoms with van der Waals surface area (Å²) in [6.45, 7) is 2.96. The van der Waals surface area contributed by atoms with Crippen LogP contribution in [0.1, 0.15) is 0 Å². The maximum atomic E-state index is 11.2. The van der Waals surface area contributed by atoms with Gasteiger partial charge in [0.1, 0.15) is 6.10 Å². The minimum atomic E-state index is -0.814. The van der Waals surface area contributed by atoms with Gasteiger partial charge in [0.25, 0.3) is 0 Å². The summed E-state index contributed by atoms with van der Waals surface area (Å²) in [4.78, 5) is 21.7. The number of rotatable bonds is 15. The lowest BCUT2D eigenvalue weighted by atomic mass is 10.2. The van der Waals surface area contributed by atoms with Crippen molar-refractivity contribution in [1.82, 2.24) is 0 Å². The van der Waals surface area contributed by atoms with E-state index < -0.39 is 11.9 Å². The predicted octanol–water partition coefficient (Wildman–Crippen LogP) is -1.42. The first-order chi connectivity index (χ1) is 10.3. The molecular weight excluding hydrogens is 284 g/mol. The van der Waals surface area contributed by atoms with E-state index in [1.165, 1.54) is 0 Å². The lowest BCUT2D eigenvalue weighted by Crippen LogP contribution is -2.32. The van der Waals surface area contributed by atoms with Crippen molar-refractivity contribution in [2.75, 3.05) is 59.5 Å². The number of hydrogen-bond donors (Lipinski definition) is 1. The van der Waals surface area contributed by atoms with Gasteiger partial charge in [-0.3, -0.25) is 9.59 Å². The van der Waals surface area contributed by atoms with Gasteiger partial charge in [0.05, 0.1) is 59.5 Å². The molecule has 0 aromatic rings. The average molecular weight is 306 g/mol. The highest BCUT2D eigenvalue weighted by molar-refractivity contribution is 6.27. The molecule has 0 amide bonds. The highest BCUT2D eigenvalue weighted by Gasteiger charge is 2.38. The molecule has 0 radical (unpaired) electrons. The van der Waals surface area contributed by atoms with E-state index in [1.807, 2.05) is 0 Å². The van der Waals surface area contributed by atoms with Crippen LogP contribution < -0.4 is 0 Å². The molecule has 1 saturated heterocycles. The molecule has 1 heterocycles. The Kier molecular flexibility index (Phi) is 10.1. The Hall–Kier alpha value is -0.900. The third-order valence-corrected chi connectivity index (χ3v) is 2.60. The Morgan fingerprint density at radius 2 is 1.62 bits per heavy atom. The fourth-order valence-electron chi connectivity index (χ4n) is 1.51. The molecule has 8 heteroatoms. The first-order valence-corrected chi connectivity index (χ1v) is 6.86. The average Bonchev–Trinajstić information content (AvgIpc) is 3.32. The monoisotopic (exact) mass is 306 g/mol. The molecule has 1 fully saturated rings. The van der Waals surface area contributed by atoms with E-state index in [0.29, 0.717) is 46.2 Å². The van der Waals surface area contributed by atoms with Gasteiger partial charge in [-0.1, -0.05) is 0 Å². The SMILES string of the molecule is O=CC(=O)C(OCCOCCOCCOCCO)C1CO1. The van der Waals surface area contributed by atoms with Crippen LogP contribution in [0, 0.1) is 0 Å². The zero-order valence-electron chi connectivity index (χ0n) is 11.9. The second kappa shape index (κ2) is 11.7. The van der Waals surface area contributed by atoms with Gasteiger partial charge in [0, 0.05) is 0 Å². The normalized spacial score (nSPS) is 18.4. The summed E-state index contributed by atoms with van der Waals surface area (Å²) < 4.78 is 25.7. The molecule has 1 N–H and O–H groups in total. The van der Waals surface area contributed by atoms with E-state index in [1.54, 1.807) is 0 Å². The van der Waals surface area contributed by atoms with Gasteiger partial charge in [-0.25, -0.2) is 0 Å². The third-order valence-electron chi connectivity index (χ3n) is 2.60. The van der Waals surface area contributed by atoms with Crippen molar-refractivity contribution < 1.29 is 38.4 Å². The van der Waals surface area contributed by atoms with Gasteiger partial charge < -0.3 is 28.8 Å². The maximum absolute atomic E-state index is 11.2. The molecule has 1 aliphatic heterocycles. The summed E-state index contributed by atoms with van der Waals surface area (Å²) in [5.74, 6) is -0.608. The van der Waals surface area contributed by atoms with Crippen molar-refractivity contribution in [3.8, 4) is 0 Å². The quantitative estimate of drug-likeness (QED) is 0.170. The van der Waals surface area contributed by atoms with Gasteiger partial charge in [-0.05, 0) is 0 Å². The van der Waals surface area contributed by atoms with Gasteiger partial charge in [0.15, 0.2) is 12.4 Å². The molecular formula is C13H22O8. The van der Waals surface area contributed by atoms with Gasteiger partial charge in [0.2, 0.25) is 5.78 Å². The third kappa shape index (κ3) is 8.86. The smallest absolute Gasteiger partial charge is 0.226 e. The first-order valence-electron chi connectivity index (χ1n) is 6.86. The van der Waals surface area contributed by atoms with E-state index in [9.17, 15) is 9.59 Å². The number of aliphatic hydroxyl groups is 1. The molecule has 2 unspecified atom stereocenters. The Morgan fingerprint density at radius 3 is 2.10 bits per heavy atom. The molecule has 122 valence electrons. The summed E-state index contributed by atoms with van der Waals surface area (Å²) in [6.07, 6.45) is -0.865. The van der Waals surface area contributed by atoms with E-state index in [0.717, 1.165) is 0 Å². The summed E-state index contributed by atoms with van der Waals surface area (Å²) >= 11 is 0. The topological polar surface area (TPSA) is 104 Å². The number of epoxide rings is 1. The lowest BCUT2D eigenvalue weighted by Gasteiger charge is -2.12. The maximum Gasteiger partial charge on any atom is 0.226 e. The molecule has 21 heavy (non-hydrogen) atoms. The predicted molar refractivity (Wildman–Crippen MR) is 70.1 cm³/mol. The molecule has 0 saturated carbocycles. The number of hydrogen-bond acceptors (Lipinski definition) is 8. The molecule has 0 bridgehead atoms. The fraction of sp³-hybridized carbons (Fsp3) is 0.846. The molecule has 8 nitrogen and oxygen atoms in total. The second-order valence-corrected chi connectivity index (χ2v) is 4.24. The van der Waals surface area contributed by atoms with Crippen molar-refractivity contribution >= 4 is 12.1 Å². The van der Waals surface area contributed by atoms with Gasteiger partial charge in [-0.2, -0.15) is 0 Å². The van der Waals surface area contributed by atoms with Crippen LogP contribution in [0.4, 0.5) is 0 Å².